The Morgan fingerprint density at radius 2 is 2.06 bits per heavy atom. The molecule has 2 aromatic rings. The normalized spacial score (nSPS) is 14.5. The van der Waals surface area contributed by atoms with Gasteiger partial charge in [0, 0.05) is 23.9 Å². The SMILES string of the molecule is Nc1cc(-c2ccc(N3C=NCC3)cc2)on1. The van der Waals surface area contributed by atoms with Crippen molar-refractivity contribution in [1.29, 1.82) is 0 Å². The van der Waals surface area contributed by atoms with Crippen LogP contribution in [0.5, 0.6) is 0 Å². The highest BCUT2D eigenvalue weighted by molar-refractivity contribution is 5.81. The van der Waals surface area contributed by atoms with Crippen molar-refractivity contribution in [3.63, 3.8) is 0 Å². The van der Waals surface area contributed by atoms with Crippen molar-refractivity contribution in [2.24, 2.45) is 4.99 Å². The van der Waals surface area contributed by atoms with Crippen LogP contribution in [0.4, 0.5) is 11.5 Å². The minimum atomic E-state index is 0.399. The summed E-state index contributed by atoms with van der Waals surface area (Å²) in [4.78, 5) is 6.29. The molecule has 0 saturated heterocycles. The molecular weight excluding hydrogens is 216 g/mol. The molecule has 86 valence electrons. The van der Waals surface area contributed by atoms with Crippen LogP contribution < -0.4 is 10.6 Å². The summed E-state index contributed by atoms with van der Waals surface area (Å²) in [7, 11) is 0. The van der Waals surface area contributed by atoms with Gasteiger partial charge >= 0.3 is 0 Å². The number of benzene rings is 1. The van der Waals surface area contributed by atoms with E-state index in [0.29, 0.717) is 11.6 Å². The highest BCUT2D eigenvalue weighted by atomic mass is 16.5. The van der Waals surface area contributed by atoms with Crippen LogP contribution in [0.15, 0.2) is 39.8 Å². The zero-order valence-corrected chi connectivity index (χ0v) is 9.21. The van der Waals surface area contributed by atoms with Crippen LogP contribution in [0.2, 0.25) is 0 Å². The lowest BCUT2D eigenvalue weighted by atomic mass is 10.1. The van der Waals surface area contributed by atoms with Gasteiger partial charge in [-0.2, -0.15) is 0 Å². The van der Waals surface area contributed by atoms with Crippen LogP contribution >= 0.6 is 0 Å². The molecule has 5 heteroatoms. The number of nitrogen functional groups attached to an aromatic ring is 1. The Hall–Kier alpha value is -2.30. The fourth-order valence-corrected chi connectivity index (χ4v) is 1.82. The van der Waals surface area contributed by atoms with Gasteiger partial charge in [0.25, 0.3) is 0 Å². The Balaban J connectivity index is 1.87. The fourth-order valence-electron chi connectivity index (χ4n) is 1.82. The van der Waals surface area contributed by atoms with Crippen molar-refractivity contribution in [2.45, 2.75) is 0 Å². The summed E-state index contributed by atoms with van der Waals surface area (Å²) < 4.78 is 5.10. The summed E-state index contributed by atoms with van der Waals surface area (Å²) in [5, 5.41) is 3.66. The summed E-state index contributed by atoms with van der Waals surface area (Å²) in [6.07, 6.45) is 1.86. The van der Waals surface area contributed by atoms with Crippen LogP contribution in [-0.4, -0.2) is 24.6 Å². The van der Waals surface area contributed by atoms with Gasteiger partial charge in [-0.15, -0.1) is 0 Å². The molecule has 3 rings (SSSR count). The second kappa shape index (κ2) is 3.93. The van der Waals surface area contributed by atoms with E-state index in [2.05, 4.69) is 15.0 Å². The van der Waals surface area contributed by atoms with Gasteiger partial charge in [-0.05, 0) is 24.3 Å². The molecule has 0 unspecified atom stereocenters. The minimum absolute atomic E-state index is 0.399. The number of nitrogens with two attached hydrogens (primary N) is 1. The number of hydrogen-bond acceptors (Lipinski definition) is 5. The van der Waals surface area contributed by atoms with E-state index in [1.807, 2.05) is 30.6 Å². The van der Waals surface area contributed by atoms with Gasteiger partial charge in [-0.3, -0.25) is 4.99 Å². The van der Waals surface area contributed by atoms with E-state index in [1.165, 1.54) is 0 Å². The third kappa shape index (κ3) is 1.87. The van der Waals surface area contributed by atoms with E-state index in [1.54, 1.807) is 6.07 Å². The largest absolute Gasteiger partial charge is 0.381 e. The number of hydrogen-bond donors (Lipinski definition) is 1. The zero-order valence-electron chi connectivity index (χ0n) is 9.21. The van der Waals surface area contributed by atoms with Gasteiger partial charge in [-0.25, -0.2) is 0 Å². The monoisotopic (exact) mass is 228 g/mol. The molecule has 0 saturated carbocycles. The Morgan fingerprint density at radius 3 is 2.65 bits per heavy atom. The first kappa shape index (κ1) is 9.89. The summed E-state index contributed by atoms with van der Waals surface area (Å²) in [6, 6.07) is 9.76. The van der Waals surface area contributed by atoms with E-state index in [4.69, 9.17) is 10.3 Å². The fraction of sp³-hybridized carbons (Fsp3) is 0.167. The molecule has 1 aliphatic rings. The molecule has 1 aromatic heterocycles. The topological polar surface area (TPSA) is 67.7 Å². The maximum Gasteiger partial charge on any atom is 0.169 e. The van der Waals surface area contributed by atoms with Crippen molar-refractivity contribution in [3.05, 3.63) is 30.3 Å². The molecule has 0 fully saturated rings. The Bertz CT molecular complexity index is 544. The second-order valence-electron chi connectivity index (χ2n) is 3.88. The van der Waals surface area contributed by atoms with E-state index < -0.39 is 0 Å². The summed E-state index contributed by atoms with van der Waals surface area (Å²) in [5.41, 5.74) is 7.61. The van der Waals surface area contributed by atoms with Crippen LogP contribution in [-0.2, 0) is 0 Å². The third-order valence-corrected chi connectivity index (χ3v) is 2.70. The van der Waals surface area contributed by atoms with Crippen LogP contribution in [0.3, 0.4) is 0 Å². The molecule has 0 spiro atoms. The van der Waals surface area contributed by atoms with E-state index in [0.717, 1.165) is 24.3 Å². The molecule has 0 atom stereocenters. The van der Waals surface area contributed by atoms with E-state index in [9.17, 15) is 0 Å². The first-order chi connectivity index (χ1) is 8.33. The van der Waals surface area contributed by atoms with Gasteiger partial charge in [0.2, 0.25) is 0 Å². The van der Waals surface area contributed by atoms with E-state index in [-0.39, 0.29) is 0 Å². The maximum atomic E-state index is 5.51. The Morgan fingerprint density at radius 1 is 1.24 bits per heavy atom. The zero-order chi connectivity index (χ0) is 11.7. The lowest BCUT2D eigenvalue weighted by molar-refractivity contribution is 0.436. The maximum absolute atomic E-state index is 5.51. The number of nitrogens with zero attached hydrogens (tertiary/aromatic N) is 3. The minimum Gasteiger partial charge on any atom is -0.381 e. The molecule has 2 heterocycles. The average molecular weight is 228 g/mol. The molecule has 17 heavy (non-hydrogen) atoms. The summed E-state index contributed by atoms with van der Waals surface area (Å²) in [6.45, 7) is 1.80. The Kier molecular flexibility index (Phi) is 2.29. The van der Waals surface area contributed by atoms with Gasteiger partial charge in [-0.1, -0.05) is 5.16 Å². The van der Waals surface area contributed by atoms with Crippen molar-refractivity contribution < 1.29 is 4.52 Å². The van der Waals surface area contributed by atoms with Crippen molar-refractivity contribution >= 4 is 17.8 Å². The summed E-state index contributed by atoms with van der Waals surface area (Å²) >= 11 is 0. The summed E-state index contributed by atoms with van der Waals surface area (Å²) in [5.74, 6) is 1.08. The van der Waals surface area contributed by atoms with Crippen molar-refractivity contribution in [3.8, 4) is 11.3 Å². The first-order valence-electron chi connectivity index (χ1n) is 5.42. The molecule has 5 nitrogen and oxygen atoms in total. The van der Waals surface area contributed by atoms with E-state index >= 15 is 0 Å². The molecule has 0 aliphatic carbocycles. The van der Waals surface area contributed by atoms with Crippen molar-refractivity contribution in [1.82, 2.24) is 5.16 Å². The second-order valence-corrected chi connectivity index (χ2v) is 3.88. The average Bonchev–Trinajstić information content (AvgIpc) is 3.00. The lowest BCUT2D eigenvalue weighted by Crippen LogP contribution is -2.17. The number of anilines is 2. The molecule has 0 radical (unpaired) electrons. The molecule has 2 N–H and O–H groups in total. The molecular formula is C12H12N4O. The van der Waals surface area contributed by atoms with Crippen LogP contribution in [0.1, 0.15) is 0 Å². The predicted molar refractivity (Wildman–Crippen MR) is 67.1 cm³/mol. The van der Waals surface area contributed by atoms with Crippen LogP contribution in [0.25, 0.3) is 11.3 Å². The molecule has 0 bridgehead atoms. The lowest BCUT2D eigenvalue weighted by Gasteiger charge is -2.13. The van der Waals surface area contributed by atoms with Crippen LogP contribution in [0, 0.1) is 0 Å². The standard InChI is InChI=1S/C12H12N4O/c13-12-7-11(17-15-12)9-1-3-10(4-2-9)16-6-5-14-8-16/h1-4,7-8H,5-6H2,(H2,13,15). The highest BCUT2D eigenvalue weighted by Gasteiger charge is 2.09. The number of aromatic nitrogens is 1. The molecule has 1 aliphatic heterocycles. The van der Waals surface area contributed by atoms with Gasteiger partial charge in [0.15, 0.2) is 11.6 Å². The predicted octanol–water partition coefficient (Wildman–Crippen LogP) is 1.77. The van der Waals surface area contributed by atoms with Crippen molar-refractivity contribution in [2.75, 3.05) is 23.7 Å². The van der Waals surface area contributed by atoms with Gasteiger partial charge < -0.3 is 15.2 Å². The third-order valence-electron chi connectivity index (χ3n) is 2.70. The number of aliphatic imine (C=N–C) groups is 1. The van der Waals surface area contributed by atoms with Gasteiger partial charge in [0.05, 0.1) is 12.9 Å². The molecule has 1 aromatic carbocycles. The highest BCUT2D eigenvalue weighted by Crippen LogP contribution is 2.24. The number of rotatable bonds is 2. The first-order valence-corrected chi connectivity index (χ1v) is 5.42. The smallest absolute Gasteiger partial charge is 0.169 e. The Labute approximate surface area is 98.5 Å². The molecule has 0 amide bonds. The quantitative estimate of drug-likeness (QED) is 0.850. The van der Waals surface area contributed by atoms with Gasteiger partial charge in [0.1, 0.15) is 0 Å².